The normalized spacial score (nSPS) is 17.8. The lowest BCUT2D eigenvalue weighted by Crippen LogP contribution is -2.33. The van der Waals surface area contributed by atoms with E-state index in [2.05, 4.69) is 20.0 Å². The first kappa shape index (κ1) is 19.9. The molecule has 0 saturated heterocycles. The quantitative estimate of drug-likeness (QED) is 0.764. The van der Waals surface area contributed by atoms with Crippen LogP contribution in [0.2, 0.25) is 0 Å². The largest absolute Gasteiger partial charge is 0.475 e. The average molecular weight is 421 g/mol. The number of ether oxygens (including phenoxy) is 1. The van der Waals surface area contributed by atoms with Crippen LogP contribution in [0, 0.1) is 0 Å². The summed E-state index contributed by atoms with van der Waals surface area (Å²) in [5.41, 5.74) is 9.15. The Kier molecular flexibility index (Phi) is 5.18. The van der Waals surface area contributed by atoms with Crippen LogP contribution in [0.1, 0.15) is 27.9 Å². The van der Waals surface area contributed by atoms with Crippen molar-refractivity contribution in [3.63, 3.8) is 0 Å². The summed E-state index contributed by atoms with van der Waals surface area (Å²) in [6, 6.07) is 5.51. The van der Waals surface area contributed by atoms with Crippen molar-refractivity contribution >= 4 is 23.1 Å². The van der Waals surface area contributed by atoms with Gasteiger partial charge in [0.2, 0.25) is 12.5 Å². The van der Waals surface area contributed by atoms with E-state index in [0.29, 0.717) is 37.2 Å². The van der Waals surface area contributed by atoms with Gasteiger partial charge in [-0.3, -0.25) is 4.79 Å². The molecule has 2 N–H and O–H groups in total. The minimum absolute atomic E-state index is 0.0505. The highest BCUT2D eigenvalue weighted by Crippen LogP contribution is 2.30. The van der Waals surface area contributed by atoms with Crippen LogP contribution >= 0.6 is 0 Å². The number of hydrogen-bond donors (Lipinski definition) is 1. The topological polar surface area (TPSA) is 103 Å². The molecule has 1 aliphatic heterocycles. The van der Waals surface area contributed by atoms with Gasteiger partial charge in [-0.05, 0) is 36.1 Å². The minimum Gasteiger partial charge on any atom is -0.475 e. The van der Waals surface area contributed by atoms with E-state index in [0.717, 1.165) is 11.1 Å². The zero-order valence-corrected chi connectivity index (χ0v) is 15.8. The number of alkyl halides is 3. The number of aromatic nitrogens is 2. The maximum Gasteiger partial charge on any atom is 0.425 e. The molecule has 1 aromatic heterocycles. The Morgan fingerprint density at radius 2 is 2.07 bits per heavy atom. The number of fused-ring (bicyclic) bond motifs is 2. The molecule has 2 aromatic rings. The van der Waals surface area contributed by atoms with Crippen molar-refractivity contribution in [2.75, 3.05) is 30.4 Å². The van der Waals surface area contributed by atoms with E-state index in [1.165, 1.54) is 6.33 Å². The first-order valence-electron chi connectivity index (χ1n) is 9.23. The maximum atomic E-state index is 13.0. The van der Waals surface area contributed by atoms with E-state index < -0.39 is 12.8 Å². The molecule has 11 heteroatoms. The molecule has 0 atom stereocenters. The number of oxime groups is 1. The number of nitrogen functional groups attached to an aromatic ring is 1. The van der Waals surface area contributed by atoms with Gasteiger partial charge in [0.1, 0.15) is 24.3 Å². The van der Waals surface area contributed by atoms with Gasteiger partial charge in [0.05, 0.1) is 12.3 Å². The minimum atomic E-state index is -4.41. The standard InChI is InChI=1S/C19H18F3N5O3/c20-19(21,22)9-30-26-13-3-1-12-8-14(4-2-11(12)7-13)27-5-6-29-17-15(18(27)28)16(23)24-10-25-17/h2,4,8,10H,1,3,5-7,9H2,(H2,23,24,25). The second-order valence-corrected chi connectivity index (χ2v) is 6.92. The van der Waals surface area contributed by atoms with E-state index >= 15 is 0 Å². The SMILES string of the molecule is Nc1ncnc2c1C(=O)N(c1ccc3c(c1)CCC(=NOCC(F)(F)F)C3)CCO2. The van der Waals surface area contributed by atoms with Gasteiger partial charge in [0.15, 0.2) is 0 Å². The van der Waals surface area contributed by atoms with Crippen molar-refractivity contribution in [3.05, 3.63) is 41.2 Å². The number of nitrogens with two attached hydrogens (primary N) is 1. The molecule has 2 heterocycles. The number of halogens is 3. The number of carbonyl (C=O) groups excluding carboxylic acids is 1. The van der Waals surface area contributed by atoms with Gasteiger partial charge in [-0.2, -0.15) is 13.2 Å². The highest BCUT2D eigenvalue weighted by atomic mass is 19.4. The van der Waals surface area contributed by atoms with Gasteiger partial charge >= 0.3 is 6.18 Å². The number of amides is 1. The fourth-order valence-electron chi connectivity index (χ4n) is 3.46. The van der Waals surface area contributed by atoms with Gasteiger partial charge in [-0.15, -0.1) is 0 Å². The lowest BCUT2D eigenvalue weighted by atomic mass is 9.90. The summed E-state index contributed by atoms with van der Waals surface area (Å²) in [7, 11) is 0. The van der Waals surface area contributed by atoms with Crippen LogP contribution in [0.25, 0.3) is 0 Å². The number of benzene rings is 1. The van der Waals surface area contributed by atoms with Crippen LogP contribution in [0.3, 0.4) is 0 Å². The van der Waals surface area contributed by atoms with Crippen molar-refractivity contribution in [2.24, 2.45) is 5.16 Å². The van der Waals surface area contributed by atoms with Gasteiger partial charge in [0, 0.05) is 12.1 Å². The highest BCUT2D eigenvalue weighted by Gasteiger charge is 2.30. The Balaban J connectivity index is 1.53. The summed E-state index contributed by atoms with van der Waals surface area (Å²) in [6.45, 7) is -0.846. The number of nitrogens with zero attached hydrogens (tertiary/aromatic N) is 4. The maximum absolute atomic E-state index is 13.0. The molecule has 158 valence electrons. The second-order valence-electron chi connectivity index (χ2n) is 6.92. The van der Waals surface area contributed by atoms with E-state index in [9.17, 15) is 18.0 Å². The predicted octanol–water partition coefficient (Wildman–Crippen LogP) is 2.52. The molecule has 2 aliphatic rings. The Hall–Kier alpha value is -3.37. The van der Waals surface area contributed by atoms with Gasteiger partial charge in [-0.25, -0.2) is 9.97 Å². The molecular weight excluding hydrogens is 403 g/mol. The van der Waals surface area contributed by atoms with Crippen molar-refractivity contribution < 1.29 is 27.5 Å². The molecule has 0 radical (unpaired) electrons. The number of rotatable bonds is 3. The smallest absolute Gasteiger partial charge is 0.425 e. The van der Waals surface area contributed by atoms with Gasteiger partial charge in [-0.1, -0.05) is 11.2 Å². The van der Waals surface area contributed by atoms with Crippen molar-refractivity contribution in [1.29, 1.82) is 0 Å². The molecule has 0 saturated carbocycles. The number of anilines is 2. The van der Waals surface area contributed by atoms with Crippen LogP contribution in [-0.4, -0.2) is 47.5 Å². The second kappa shape index (κ2) is 7.81. The van der Waals surface area contributed by atoms with Crippen LogP contribution in [0.15, 0.2) is 29.7 Å². The third-order valence-electron chi connectivity index (χ3n) is 4.86. The average Bonchev–Trinajstić information content (AvgIpc) is 2.86. The number of hydrogen-bond acceptors (Lipinski definition) is 7. The fraction of sp³-hybridized carbons (Fsp3) is 0.368. The lowest BCUT2D eigenvalue weighted by molar-refractivity contribution is -0.173. The molecule has 30 heavy (non-hydrogen) atoms. The van der Waals surface area contributed by atoms with Crippen molar-refractivity contribution in [2.45, 2.75) is 25.4 Å². The summed E-state index contributed by atoms with van der Waals surface area (Å²) in [6.07, 6.45) is -1.71. The monoisotopic (exact) mass is 421 g/mol. The molecule has 8 nitrogen and oxygen atoms in total. The lowest BCUT2D eigenvalue weighted by Gasteiger charge is -2.24. The summed E-state index contributed by atoms with van der Waals surface area (Å²) in [5.74, 6) is -0.138. The first-order chi connectivity index (χ1) is 14.3. The summed E-state index contributed by atoms with van der Waals surface area (Å²) in [4.78, 5) is 26.9. The Bertz CT molecular complexity index is 1010. The van der Waals surface area contributed by atoms with Crippen molar-refractivity contribution in [1.82, 2.24) is 9.97 Å². The Labute approximate surface area is 169 Å². The zero-order valence-electron chi connectivity index (χ0n) is 15.8. The Morgan fingerprint density at radius 3 is 2.87 bits per heavy atom. The zero-order chi connectivity index (χ0) is 21.3. The molecule has 4 rings (SSSR count). The van der Waals surface area contributed by atoms with Crippen LogP contribution in [-0.2, 0) is 17.7 Å². The molecule has 0 spiro atoms. The van der Waals surface area contributed by atoms with E-state index in [1.807, 2.05) is 12.1 Å². The molecule has 0 unspecified atom stereocenters. The fourth-order valence-corrected chi connectivity index (χ4v) is 3.46. The van der Waals surface area contributed by atoms with Gasteiger partial charge < -0.3 is 20.2 Å². The van der Waals surface area contributed by atoms with E-state index in [1.54, 1.807) is 11.0 Å². The molecule has 1 aromatic carbocycles. The molecule has 1 aliphatic carbocycles. The molecule has 0 bridgehead atoms. The number of aryl methyl sites for hydroxylation is 1. The highest BCUT2D eigenvalue weighted by molar-refractivity contribution is 6.10. The third-order valence-corrected chi connectivity index (χ3v) is 4.86. The predicted molar refractivity (Wildman–Crippen MR) is 102 cm³/mol. The number of carbonyl (C=O) groups is 1. The summed E-state index contributed by atoms with van der Waals surface area (Å²) < 4.78 is 42.1. The molecule has 0 fully saturated rings. The molecular formula is C19H18F3N5O3. The van der Waals surface area contributed by atoms with Gasteiger partial charge in [0.25, 0.3) is 5.91 Å². The summed E-state index contributed by atoms with van der Waals surface area (Å²) in [5, 5.41) is 3.63. The first-order valence-corrected chi connectivity index (χ1v) is 9.23. The van der Waals surface area contributed by atoms with Crippen LogP contribution < -0.4 is 15.4 Å². The van der Waals surface area contributed by atoms with Crippen molar-refractivity contribution in [3.8, 4) is 5.88 Å². The summed E-state index contributed by atoms with van der Waals surface area (Å²) >= 11 is 0. The van der Waals surface area contributed by atoms with Crippen LogP contribution in [0.4, 0.5) is 24.7 Å². The van der Waals surface area contributed by atoms with E-state index in [-0.39, 0.29) is 29.8 Å². The third kappa shape index (κ3) is 4.14. The Morgan fingerprint density at radius 1 is 1.23 bits per heavy atom. The molecule has 1 amide bonds. The van der Waals surface area contributed by atoms with E-state index in [4.69, 9.17) is 10.5 Å². The van der Waals surface area contributed by atoms with Crippen LogP contribution in [0.5, 0.6) is 5.88 Å².